The molecule has 0 aliphatic carbocycles. The maximum atomic E-state index is 12.3. The van der Waals surface area contributed by atoms with Gasteiger partial charge in [-0.1, -0.05) is 17.7 Å². The molecule has 0 aliphatic rings. The Morgan fingerprint density at radius 1 is 1.24 bits per heavy atom. The molecule has 0 spiro atoms. The Labute approximate surface area is 121 Å². The van der Waals surface area contributed by atoms with Crippen molar-refractivity contribution in [3.05, 3.63) is 53.7 Å². The van der Waals surface area contributed by atoms with E-state index in [1.807, 2.05) is 32.0 Å². The molecule has 0 atom stereocenters. The number of H-pyrrole nitrogens is 1. The smallest absolute Gasteiger partial charge is 0.255 e. The van der Waals surface area contributed by atoms with Crippen LogP contribution in [-0.2, 0) is 0 Å². The molecule has 0 bridgehead atoms. The van der Waals surface area contributed by atoms with Crippen molar-refractivity contribution in [2.75, 3.05) is 5.32 Å². The fourth-order valence-corrected chi connectivity index (χ4v) is 2.03. The van der Waals surface area contributed by atoms with Crippen LogP contribution in [0.3, 0.4) is 0 Å². The molecule has 21 heavy (non-hydrogen) atoms. The molecule has 0 saturated heterocycles. The van der Waals surface area contributed by atoms with Gasteiger partial charge in [-0.2, -0.15) is 5.10 Å². The first-order valence-corrected chi connectivity index (χ1v) is 6.43. The van der Waals surface area contributed by atoms with Gasteiger partial charge in [0, 0.05) is 5.56 Å². The second-order valence-corrected chi connectivity index (χ2v) is 4.74. The van der Waals surface area contributed by atoms with Crippen LogP contribution in [0.2, 0.25) is 0 Å². The van der Waals surface area contributed by atoms with Crippen molar-refractivity contribution in [2.45, 2.75) is 13.8 Å². The van der Waals surface area contributed by atoms with E-state index in [0.717, 1.165) is 11.3 Å². The SMILES string of the molecule is Cc1cccc(C(=O)Nc2c(-n3cnnc3)n[nH]c2C)c1. The minimum absolute atomic E-state index is 0.183. The number of anilines is 1. The summed E-state index contributed by atoms with van der Waals surface area (Å²) in [6.07, 6.45) is 3.05. The van der Waals surface area contributed by atoms with Gasteiger partial charge in [0.1, 0.15) is 18.3 Å². The Morgan fingerprint density at radius 3 is 2.71 bits per heavy atom. The molecule has 0 unspecified atom stereocenters. The van der Waals surface area contributed by atoms with Gasteiger partial charge in [-0.05, 0) is 26.0 Å². The van der Waals surface area contributed by atoms with Crippen LogP contribution in [0.5, 0.6) is 0 Å². The highest BCUT2D eigenvalue weighted by atomic mass is 16.1. The summed E-state index contributed by atoms with van der Waals surface area (Å²) in [5.74, 6) is 0.371. The highest BCUT2D eigenvalue weighted by Crippen LogP contribution is 2.21. The first kappa shape index (κ1) is 13.0. The van der Waals surface area contributed by atoms with Crippen LogP contribution in [0.25, 0.3) is 5.82 Å². The van der Waals surface area contributed by atoms with E-state index in [-0.39, 0.29) is 5.91 Å². The zero-order valence-corrected chi connectivity index (χ0v) is 11.7. The second kappa shape index (κ2) is 5.20. The molecular weight excluding hydrogens is 268 g/mol. The molecule has 0 aliphatic heterocycles. The first-order valence-electron chi connectivity index (χ1n) is 6.43. The van der Waals surface area contributed by atoms with Crippen molar-refractivity contribution in [1.82, 2.24) is 25.0 Å². The maximum absolute atomic E-state index is 12.3. The number of amides is 1. The van der Waals surface area contributed by atoms with Gasteiger partial charge in [-0.25, -0.2) is 0 Å². The molecule has 106 valence electrons. The van der Waals surface area contributed by atoms with Gasteiger partial charge >= 0.3 is 0 Å². The molecule has 1 amide bonds. The average molecular weight is 282 g/mol. The summed E-state index contributed by atoms with van der Waals surface area (Å²) in [7, 11) is 0. The van der Waals surface area contributed by atoms with Gasteiger partial charge in [-0.3, -0.25) is 14.5 Å². The number of rotatable bonds is 3. The number of aryl methyl sites for hydroxylation is 2. The summed E-state index contributed by atoms with van der Waals surface area (Å²) in [6, 6.07) is 7.41. The molecule has 0 radical (unpaired) electrons. The van der Waals surface area contributed by atoms with Crippen molar-refractivity contribution < 1.29 is 4.79 Å². The quantitative estimate of drug-likeness (QED) is 0.767. The number of carbonyl (C=O) groups is 1. The molecule has 2 heterocycles. The van der Waals surface area contributed by atoms with E-state index in [9.17, 15) is 4.79 Å². The number of aromatic amines is 1. The summed E-state index contributed by atoms with van der Waals surface area (Å²) < 4.78 is 1.63. The Bertz CT molecular complexity index is 775. The van der Waals surface area contributed by atoms with E-state index in [1.165, 1.54) is 12.7 Å². The molecule has 0 saturated carbocycles. The van der Waals surface area contributed by atoms with E-state index in [4.69, 9.17) is 0 Å². The third kappa shape index (κ3) is 2.53. The fourth-order valence-electron chi connectivity index (χ4n) is 2.03. The zero-order valence-electron chi connectivity index (χ0n) is 11.7. The molecule has 2 N–H and O–H groups in total. The lowest BCUT2D eigenvalue weighted by Gasteiger charge is -2.07. The Balaban J connectivity index is 1.92. The van der Waals surface area contributed by atoms with Crippen molar-refractivity contribution in [3.63, 3.8) is 0 Å². The van der Waals surface area contributed by atoms with Crippen molar-refractivity contribution in [1.29, 1.82) is 0 Å². The minimum Gasteiger partial charge on any atom is -0.317 e. The molecule has 7 nitrogen and oxygen atoms in total. The number of nitrogens with one attached hydrogen (secondary N) is 2. The highest BCUT2D eigenvalue weighted by molar-refractivity contribution is 6.05. The van der Waals surface area contributed by atoms with E-state index in [2.05, 4.69) is 25.7 Å². The van der Waals surface area contributed by atoms with E-state index in [1.54, 1.807) is 10.6 Å². The van der Waals surface area contributed by atoms with Crippen LogP contribution in [0.15, 0.2) is 36.9 Å². The van der Waals surface area contributed by atoms with E-state index < -0.39 is 0 Å². The predicted octanol–water partition coefficient (Wildman–Crippen LogP) is 1.86. The topological polar surface area (TPSA) is 88.5 Å². The Hall–Kier alpha value is -2.96. The second-order valence-electron chi connectivity index (χ2n) is 4.74. The van der Waals surface area contributed by atoms with Crippen LogP contribution in [0.4, 0.5) is 5.69 Å². The average Bonchev–Trinajstić information content (AvgIpc) is 3.10. The van der Waals surface area contributed by atoms with Gasteiger partial charge in [-0.15, -0.1) is 10.2 Å². The maximum Gasteiger partial charge on any atom is 0.255 e. The molecule has 1 aromatic carbocycles. The first-order chi connectivity index (χ1) is 10.1. The van der Waals surface area contributed by atoms with Gasteiger partial charge in [0.2, 0.25) is 0 Å². The third-order valence-electron chi connectivity index (χ3n) is 3.11. The van der Waals surface area contributed by atoms with Crippen LogP contribution in [0, 0.1) is 13.8 Å². The summed E-state index contributed by atoms with van der Waals surface area (Å²) in [5, 5.41) is 17.4. The van der Waals surface area contributed by atoms with Crippen LogP contribution >= 0.6 is 0 Å². The minimum atomic E-state index is -0.183. The van der Waals surface area contributed by atoms with Crippen LogP contribution < -0.4 is 5.32 Å². The fraction of sp³-hybridized carbons (Fsp3) is 0.143. The standard InChI is InChI=1S/C14H14N6O/c1-9-4-3-5-11(6-9)14(21)17-12-10(2)18-19-13(12)20-7-15-16-8-20/h3-8H,1-2H3,(H,17,21)(H,18,19). The number of nitrogens with zero attached hydrogens (tertiary/aromatic N) is 4. The van der Waals surface area contributed by atoms with Crippen molar-refractivity contribution >= 4 is 11.6 Å². The Kier molecular flexibility index (Phi) is 3.23. The van der Waals surface area contributed by atoms with Gasteiger partial charge in [0.25, 0.3) is 5.91 Å². The molecule has 2 aromatic heterocycles. The summed E-state index contributed by atoms with van der Waals surface area (Å²) in [5.41, 5.74) is 3.01. The van der Waals surface area contributed by atoms with Gasteiger partial charge in [0.15, 0.2) is 5.82 Å². The van der Waals surface area contributed by atoms with Crippen LogP contribution in [-0.4, -0.2) is 30.9 Å². The number of aromatic nitrogens is 5. The normalized spacial score (nSPS) is 10.6. The van der Waals surface area contributed by atoms with Crippen molar-refractivity contribution in [2.24, 2.45) is 0 Å². The lowest BCUT2D eigenvalue weighted by Crippen LogP contribution is -2.13. The predicted molar refractivity (Wildman–Crippen MR) is 77.4 cm³/mol. The van der Waals surface area contributed by atoms with E-state index >= 15 is 0 Å². The molecule has 7 heteroatoms. The summed E-state index contributed by atoms with van der Waals surface area (Å²) in [4.78, 5) is 12.3. The molecule has 0 fully saturated rings. The number of benzene rings is 1. The highest BCUT2D eigenvalue weighted by Gasteiger charge is 2.16. The number of hydrogen-bond acceptors (Lipinski definition) is 4. The zero-order chi connectivity index (χ0) is 14.8. The molecule has 3 aromatic rings. The summed E-state index contributed by atoms with van der Waals surface area (Å²) in [6.45, 7) is 3.79. The van der Waals surface area contributed by atoms with Crippen LogP contribution in [0.1, 0.15) is 21.6 Å². The van der Waals surface area contributed by atoms with E-state index in [0.29, 0.717) is 17.1 Å². The van der Waals surface area contributed by atoms with Crippen molar-refractivity contribution in [3.8, 4) is 5.82 Å². The van der Waals surface area contributed by atoms with Gasteiger partial charge in [0.05, 0.1) is 5.69 Å². The number of hydrogen-bond donors (Lipinski definition) is 2. The number of carbonyl (C=O) groups excluding carboxylic acids is 1. The van der Waals surface area contributed by atoms with Gasteiger partial charge < -0.3 is 5.32 Å². The largest absolute Gasteiger partial charge is 0.317 e. The molecular formula is C14H14N6O. The third-order valence-corrected chi connectivity index (χ3v) is 3.11. The Morgan fingerprint density at radius 2 is 2.00 bits per heavy atom. The molecule has 3 rings (SSSR count). The summed E-state index contributed by atoms with van der Waals surface area (Å²) >= 11 is 0. The lowest BCUT2D eigenvalue weighted by molar-refractivity contribution is 0.102. The lowest BCUT2D eigenvalue weighted by atomic mass is 10.1. The monoisotopic (exact) mass is 282 g/mol.